The zero-order chi connectivity index (χ0) is 24.6. The summed E-state index contributed by atoms with van der Waals surface area (Å²) in [7, 11) is 0. The normalized spacial score (nSPS) is 12.2. The Bertz CT molecular complexity index is 1500. The number of amides is 1. The van der Waals surface area contributed by atoms with Crippen LogP contribution in [0.3, 0.4) is 0 Å². The number of benzene rings is 3. The van der Waals surface area contributed by atoms with Gasteiger partial charge in [0, 0.05) is 5.69 Å². The van der Waals surface area contributed by atoms with Crippen LogP contribution in [0.15, 0.2) is 70.6 Å². The van der Waals surface area contributed by atoms with E-state index in [4.69, 9.17) is 0 Å². The number of carbonyl (C=O) groups is 1. The number of nitrogens with one attached hydrogen (secondary N) is 2. The number of aromatic amines is 1. The third-order valence-corrected chi connectivity index (χ3v) is 5.30. The van der Waals surface area contributed by atoms with Crippen molar-refractivity contribution in [3.63, 3.8) is 0 Å². The first-order valence-corrected chi connectivity index (χ1v) is 10.1. The molecule has 7 nitrogen and oxygen atoms in total. The summed E-state index contributed by atoms with van der Waals surface area (Å²) in [4.78, 5) is 25.5. The highest BCUT2D eigenvalue weighted by atomic mass is 19.4. The number of alkyl halides is 3. The Kier molecular flexibility index (Phi) is 5.74. The van der Waals surface area contributed by atoms with Crippen molar-refractivity contribution >= 4 is 22.4 Å². The molecule has 34 heavy (non-hydrogen) atoms. The minimum atomic E-state index is -4.56. The molecular formula is C24H19F3N4O3. The molecule has 1 aromatic heterocycles. The topological polar surface area (TPSA) is 99.5 Å². The number of phenolic OH excluding ortho intramolecular Hbond substituents is 1. The summed E-state index contributed by atoms with van der Waals surface area (Å²) in [6, 6.07) is 14.5. The number of H-pyrrole nitrogens is 1. The van der Waals surface area contributed by atoms with Crippen molar-refractivity contribution in [2.24, 2.45) is 5.10 Å². The number of nitrogens with zero attached hydrogens (tertiary/aromatic N) is 2. The zero-order valence-electron chi connectivity index (χ0n) is 18.1. The summed E-state index contributed by atoms with van der Waals surface area (Å²) in [5.74, 6) is -0.914. The number of rotatable bonds is 4. The Labute approximate surface area is 191 Å². The fraction of sp³-hybridized carbons (Fsp3) is 0.125. The second kappa shape index (κ2) is 8.54. The summed E-state index contributed by atoms with van der Waals surface area (Å²) in [5, 5.41) is 18.4. The van der Waals surface area contributed by atoms with E-state index in [2.05, 4.69) is 15.6 Å². The second-order valence-corrected chi connectivity index (χ2v) is 7.66. The number of phenols is 1. The maximum absolute atomic E-state index is 13.1. The Hall–Kier alpha value is -4.34. The fourth-order valence-electron chi connectivity index (χ4n) is 3.64. The molecule has 0 bridgehead atoms. The zero-order valence-corrected chi connectivity index (χ0v) is 18.1. The number of aryl methyl sites for hydroxylation is 1. The van der Waals surface area contributed by atoms with Gasteiger partial charge in [-0.25, -0.2) is 10.1 Å². The van der Waals surface area contributed by atoms with Crippen molar-refractivity contribution in [2.75, 3.05) is 0 Å². The molecule has 0 saturated heterocycles. The number of aromatic hydroxyl groups is 1. The van der Waals surface area contributed by atoms with Crippen LogP contribution in [0, 0.1) is 6.92 Å². The molecule has 174 valence electrons. The largest absolute Gasteiger partial charge is 0.507 e. The van der Waals surface area contributed by atoms with Gasteiger partial charge in [0.1, 0.15) is 5.75 Å². The van der Waals surface area contributed by atoms with Crippen LogP contribution in [0.5, 0.6) is 5.75 Å². The van der Waals surface area contributed by atoms with Crippen LogP contribution in [-0.2, 0) is 6.18 Å². The summed E-state index contributed by atoms with van der Waals surface area (Å²) in [6.45, 7) is 3.05. The molecule has 0 radical (unpaired) electrons. The Morgan fingerprint density at radius 1 is 1.06 bits per heavy atom. The molecule has 0 aliphatic carbocycles. The standard InChI is InChI=1S/C24H19F3N4O3/c1-13(28-29-22(33)19-10-15-6-3-4-7-16(15)11-20(19)32)21-14(2)30-31(23(21)34)18-9-5-8-17(12-18)24(25,26)27/h3-12,30,32H,1-2H3,(H,29,33)/b28-13+. The number of aromatic nitrogens is 2. The maximum atomic E-state index is 13.1. The quantitative estimate of drug-likeness (QED) is 0.304. The molecule has 3 aromatic carbocycles. The fourth-order valence-corrected chi connectivity index (χ4v) is 3.64. The van der Waals surface area contributed by atoms with E-state index in [1.54, 1.807) is 31.2 Å². The van der Waals surface area contributed by atoms with E-state index in [0.717, 1.165) is 27.6 Å². The maximum Gasteiger partial charge on any atom is 0.416 e. The number of hydrazone groups is 1. The van der Waals surface area contributed by atoms with Crippen molar-refractivity contribution in [3.05, 3.63) is 93.4 Å². The molecule has 0 saturated carbocycles. The molecule has 0 unspecified atom stereocenters. The molecule has 0 aliphatic rings. The Morgan fingerprint density at radius 2 is 1.74 bits per heavy atom. The number of carbonyl (C=O) groups excluding carboxylic acids is 1. The molecule has 10 heteroatoms. The first-order chi connectivity index (χ1) is 16.1. The molecule has 1 heterocycles. The summed E-state index contributed by atoms with van der Waals surface area (Å²) in [6.07, 6.45) is -4.56. The number of hydrogen-bond donors (Lipinski definition) is 3. The van der Waals surface area contributed by atoms with Gasteiger partial charge in [0.15, 0.2) is 0 Å². The van der Waals surface area contributed by atoms with E-state index < -0.39 is 23.2 Å². The minimum absolute atomic E-state index is 0.00224. The third-order valence-electron chi connectivity index (χ3n) is 5.30. The van der Waals surface area contributed by atoms with Gasteiger partial charge in [0.2, 0.25) is 0 Å². The molecule has 4 rings (SSSR count). The number of hydrogen-bond acceptors (Lipinski definition) is 4. The van der Waals surface area contributed by atoms with Crippen LogP contribution >= 0.6 is 0 Å². The van der Waals surface area contributed by atoms with Gasteiger partial charge in [-0.2, -0.15) is 18.3 Å². The van der Waals surface area contributed by atoms with Gasteiger partial charge in [-0.05, 0) is 55.0 Å². The first kappa shape index (κ1) is 22.8. The monoisotopic (exact) mass is 468 g/mol. The van der Waals surface area contributed by atoms with Crippen molar-refractivity contribution in [2.45, 2.75) is 20.0 Å². The van der Waals surface area contributed by atoms with E-state index in [0.29, 0.717) is 5.69 Å². The molecule has 3 N–H and O–H groups in total. The van der Waals surface area contributed by atoms with Crippen LogP contribution in [0.2, 0.25) is 0 Å². The lowest BCUT2D eigenvalue weighted by molar-refractivity contribution is -0.137. The van der Waals surface area contributed by atoms with Gasteiger partial charge in [-0.3, -0.25) is 14.7 Å². The SMILES string of the molecule is C/C(=N\NC(=O)c1cc2ccccc2cc1O)c1c(C)[nH]n(-c2cccc(C(F)(F)F)c2)c1=O. The predicted octanol–water partition coefficient (Wildman–Crippen LogP) is 4.51. The molecule has 4 aromatic rings. The highest BCUT2D eigenvalue weighted by Crippen LogP contribution is 2.30. The van der Waals surface area contributed by atoms with E-state index in [9.17, 15) is 27.9 Å². The molecular weight excluding hydrogens is 449 g/mol. The Balaban J connectivity index is 1.63. The second-order valence-electron chi connectivity index (χ2n) is 7.66. The van der Waals surface area contributed by atoms with Crippen molar-refractivity contribution in [3.8, 4) is 11.4 Å². The van der Waals surface area contributed by atoms with Crippen LogP contribution < -0.4 is 11.0 Å². The molecule has 0 aliphatic heterocycles. The van der Waals surface area contributed by atoms with E-state index >= 15 is 0 Å². The third kappa shape index (κ3) is 4.29. The smallest absolute Gasteiger partial charge is 0.416 e. The van der Waals surface area contributed by atoms with Crippen LogP contribution in [0.4, 0.5) is 13.2 Å². The van der Waals surface area contributed by atoms with Crippen LogP contribution in [0.25, 0.3) is 16.5 Å². The van der Waals surface area contributed by atoms with Crippen LogP contribution in [-0.4, -0.2) is 26.5 Å². The van der Waals surface area contributed by atoms with Gasteiger partial charge in [0.25, 0.3) is 11.5 Å². The van der Waals surface area contributed by atoms with Gasteiger partial charge in [-0.15, -0.1) is 0 Å². The van der Waals surface area contributed by atoms with Crippen LogP contribution in [0.1, 0.15) is 34.1 Å². The van der Waals surface area contributed by atoms with E-state index in [1.165, 1.54) is 31.2 Å². The number of fused-ring (bicyclic) bond motifs is 1. The van der Waals surface area contributed by atoms with E-state index in [-0.39, 0.29) is 28.3 Å². The predicted molar refractivity (Wildman–Crippen MR) is 121 cm³/mol. The van der Waals surface area contributed by atoms with E-state index in [1.807, 2.05) is 0 Å². The van der Waals surface area contributed by atoms with Gasteiger partial charge in [0.05, 0.1) is 28.1 Å². The molecule has 0 fully saturated rings. The lowest BCUT2D eigenvalue weighted by atomic mass is 10.1. The average molecular weight is 468 g/mol. The average Bonchev–Trinajstić information content (AvgIpc) is 3.10. The lowest BCUT2D eigenvalue weighted by Crippen LogP contribution is -2.23. The molecule has 1 amide bonds. The van der Waals surface area contributed by atoms with Gasteiger partial charge < -0.3 is 5.11 Å². The highest BCUT2D eigenvalue weighted by Gasteiger charge is 2.31. The lowest BCUT2D eigenvalue weighted by Gasteiger charge is -2.08. The number of halogens is 3. The summed E-state index contributed by atoms with van der Waals surface area (Å²) >= 11 is 0. The Morgan fingerprint density at radius 3 is 2.41 bits per heavy atom. The first-order valence-electron chi connectivity index (χ1n) is 10.1. The highest BCUT2D eigenvalue weighted by molar-refractivity contribution is 6.04. The van der Waals surface area contributed by atoms with Crippen molar-refractivity contribution in [1.82, 2.24) is 15.2 Å². The van der Waals surface area contributed by atoms with Crippen molar-refractivity contribution in [1.29, 1.82) is 0 Å². The van der Waals surface area contributed by atoms with Gasteiger partial charge >= 0.3 is 6.18 Å². The molecule has 0 spiro atoms. The summed E-state index contributed by atoms with van der Waals surface area (Å²) < 4.78 is 40.1. The summed E-state index contributed by atoms with van der Waals surface area (Å²) in [5.41, 5.74) is 1.40. The van der Waals surface area contributed by atoms with Gasteiger partial charge in [-0.1, -0.05) is 30.3 Å². The molecule has 0 atom stereocenters. The minimum Gasteiger partial charge on any atom is -0.507 e. The van der Waals surface area contributed by atoms with Crippen molar-refractivity contribution < 1.29 is 23.1 Å².